The first-order chi connectivity index (χ1) is 17.5. The van der Waals surface area contributed by atoms with Crippen molar-refractivity contribution in [3.8, 4) is 5.75 Å². The predicted octanol–water partition coefficient (Wildman–Crippen LogP) is 6.75. The van der Waals surface area contributed by atoms with E-state index >= 15 is 0 Å². The lowest BCUT2D eigenvalue weighted by molar-refractivity contribution is -0.137. The molecule has 1 saturated heterocycles. The summed E-state index contributed by atoms with van der Waals surface area (Å²) in [4.78, 5) is 27.3. The Labute approximate surface area is 221 Å². The first kappa shape index (κ1) is 26.4. The highest BCUT2D eigenvalue weighted by Gasteiger charge is 2.34. The van der Waals surface area contributed by atoms with Gasteiger partial charge in [-0.3, -0.25) is 14.5 Å². The average molecular weight is 543 g/mol. The maximum absolute atomic E-state index is 13.1. The summed E-state index contributed by atoms with van der Waals surface area (Å²) in [5.41, 5.74) is 2.10. The first-order valence-electron chi connectivity index (χ1n) is 11.1. The quantitative estimate of drug-likeness (QED) is 0.276. The predicted molar refractivity (Wildman–Crippen MR) is 144 cm³/mol. The molecule has 4 rings (SSSR count). The molecule has 0 unspecified atom stereocenters. The molecule has 0 bridgehead atoms. The van der Waals surface area contributed by atoms with E-state index in [0.717, 1.165) is 22.9 Å². The van der Waals surface area contributed by atoms with E-state index in [0.29, 0.717) is 20.5 Å². The molecule has 10 heteroatoms. The number of ether oxygens (including phenoxy) is 1. The maximum Gasteiger partial charge on any atom is 0.418 e. The summed E-state index contributed by atoms with van der Waals surface area (Å²) in [6.07, 6.45) is -2.92. The molecule has 3 aromatic rings. The molecule has 1 aliphatic heterocycles. The zero-order valence-corrected chi connectivity index (χ0v) is 21.4. The number of amides is 2. The van der Waals surface area contributed by atoms with Crippen LogP contribution in [-0.4, -0.2) is 22.7 Å². The third-order valence-corrected chi connectivity index (χ3v) is 6.72. The fourth-order valence-corrected chi connectivity index (χ4v) is 5.04. The lowest BCUT2D eigenvalue weighted by Crippen LogP contribution is -2.28. The van der Waals surface area contributed by atoms with Crippen LogP contribution in [0.4, 0.5) is 24.5 Å². The van der Waals surface area contributed by atoms with Crippen molar-refractivity contribution in [2.75, 3.05) is 16.8 Å². The topological polar surface area (TPSA) is 58.6 Å². The molecular weight excluding hydrogens is 521 g/mol. The highest BCUT2D eigenvalue weighted by molar-refractivity contribution is 8.27. The number of aryl methyl sites for hydroxylation is 2. The summed E-state index contributed by atoms with van der Waals surface area (Å²) in [6, 6.07) is 17.2. The van der Waals surface area contributed by atoms with Crippen LogP contribution < -0.4 is 15.0 Å². The third-order valence-electron chi connectivity index (χ3n) is 5.42. The minimum absolute atomic E-state index is 0.240. The van der Waals surface area contributed by atoms with Crippen molar-refractivity contribution >= 4 is 57.6 Å². The van der Waals surface area contributed by atoms with Gasteiger partial charge in [-0.2, -0.15) is 13.2 Å². The number of thiocarbonyl (C=S) groups is 1. The summed E-state index contributed by atoms with van der Waals surface area (Å²) in [6.45, 7) is 3.40. The molecule has 190 valence electrons. The Balaban J connectivity index is 1.44. The van der Waals surface area contributed by atoms with E-state index < -0.39 is 24.3 Å². The normalized spacial score (nSPS) is 14.8. The van der Waals surface area contributed by atoms with Crippen molar-refractivity contribution in [3.63, 3.8) is 0 Å². The zero-order valence-electron chi connectivity index (χ0n) is 19.8. The number of nitrogens with zero attached hydrogens (tertiary/aromatic N) is 1. The second-order valence-electron chi connectivity index (χ2n) is 8.26. The molecule has 5 nitrogen and oxygen atoms in total. The van der Waals surface area contributed by atoms with E-state index in [-0.39, 0.29) is 11.6 Å². The number of anilines is 2. The van der Waals surface area contributed by atoms with Gasteiger partial charge in [-0.25, -0.2) is 0 Å². The van der Waals surface area contributed by atoms with Gasteiger partial charge in [0, 0.05) is 0 Å². The highest BCUT2D eigenvalue weighted by atomic mass is 32.2. The van der Waals surface area contributed by atoms with Crippen LogP contribution in [0.2, 0.25) is 0 Å². The Morgan fingerprint density at radius 2 is 1.84 bits per heavy atom. The van der Waals surface area contributed by atoms with E-state index in [1.54, 1.807) is 30.3 Å². The van der Waals surface area contributed by atoms with E-state index in [2.05, 4.69) is 5.32 Å². The van der Waals surface area contributed by atoms with E-state index in [1.165, 1.54) is 34.9 Å². The molecule has 0 aromatic heterocycles. The van der Waals surface area contributed by atoms with E-state index in [1.807, 2.05) is 32.0 Å². The molecule has 3 aromatic carbocycles. The van der Waals surface area contributed by atoms with Crippen LogP contribution in [-0.2, 0) is 15.8 Å². The molecule has 1 N–H and O–H groups in total. The van der Waals surface area contributed by atoms with Gasteiger partial charge in [-0.05, 0) is 61.4 Å². The minimum atomic E-state index is -4.60. The van der Waals surface area contributed by atoms with Gasteiger partial charge in [-0.1, -0.05) is 65.9 Å². The van der Waals surface area contributed by atoms with Crippen LogP contribution in [0.15, 0.2) is 71.6 Å². The van der Waals surface area contributed by atoms with Gasteiger partial charge in [0.05, 0.1) is 21.8 Å². The van der Waals surface area contributed by atoms with Gasteiger partial charge >= 0.3 is 6.18 Å². The smallest absolute Gasteiger partial charge is 0.418 e. The Hall–Kier alpha value is -3.63. The Kier molecular flexibility index (Phi) is 7.70. The van der Waals surface area contributed by atoms with Crippen molar-refractivity contribution in [3.05, 3.63) is 93.9 Å². The molecule has 0 spiro atoms. The number of benzene rings is 3. The Bertz CT molecular complexity index is 1420. The largest absolute Gasteiger partial charge is 0.484 e. The molecule has 0 atom stereocenters. The maximum atomic E-state index is 13.1. The average Bonchev–Trinajstić information content (AvgIpc) is 3.10. The van der Waals surface area contributed by atoms with Crippen molar-refractivity contribution in [1.82, 2.24) is 0 Å². The van der Waals surface area contributed by atoms with Crippen molar-refractivity contribution in [2.45, 2.75) is 20.0 Å². The van der Waals surface area contributed by atoms with Crippen LogP contribution >= 0.6 is 24.0 Å². The van der Waals surface area contributed by atoms with Crippen LogP contribution in [0, 0.1) is 13.8 Å². The number of alkyl halides is 3. The van der Waals surface area contributed by atoms with Crippen molar-refractivity contribution < 1.29 is 27.5 Å². The van der Waals surface area contributed by atoms with Crippen LogP contribution in [0.3, 0.4) is 0 Å². The second-order valence-corrected chi connectivity index (χ2v) is 9.94. The summed E-state index contributed by atoms with van der Waals surface area (Å²) in [5, 5.41) is 2.24. The number of rotatable bonds is 6. The van der Waals surface area contributed by atoms with Crippen LogP contribution in [0.5, 0.6) is 5.75 Å². The van der Waals surface area contributed by atoms with E-state index in [9.17, 15) is 22.8 Å². The first-order valence-corrected chi connectivity index (χ1v) is 12.3. The van der Waals surface area contributed by atoms with Gasteiger partial charge in [0.2, 0.25) is 0 Å². The second kappa shape index (κ2) is 10.8. The molecule has 0 saturated carbocycles. The number of carbonyl (C=O) groups excluding carboxylic acids is 2. The lowest BCUT2D eigenvalue weighted by Gasteiger charge is -2.17. The number of hydrogen-bond donors (Lipinski definition) is 1. The summed E-state index contributed by atoms with van der Waals surface area (Å²) >= 11 is 6.64. The van der Waals surface area contributed by atoms with Gasteiger partial charge in [0.25, 0.3) is 11.8 Å². The fourth-order valence-electron chi connectivity index (χ4n) is 3.75. The minimum Gasteiger partial charge on any atom is -0.484 e. The molecule has 1 aliphatic rings. The molecule has 0 aliphatic carbocycles. The van der Waals surface area contributed by atoms with E-state index in [4.69, 9.17) is 17.0 Å². The fraction of sp³-hybridized carbons (Fsp3) is 0.148. The number of nitrogens with one attached hydrogen (secondary N) is 1. The van der Waals surface area contributed by atoms with Crippen molar-refractivity contribution in [1.29, 1.82) is 0 Å². The number of para-hydroxylation sites is 1. The highest BCUT2D eigenvalue weighted by Crippen LogP contribution is 2.38. The van der Waals surface area contributed by atoms with Gasteiger partial charge in [-0.15, -0.1) is 0 Å². The molecule has 1 fully saturated rings. The molecular formula is C27H21F3N2O3S2. The Morgan fingerprint density at radius 1 is 1.08 bits per heavy atom. The standard InChI is InChI=1S/C27H21F3N2O3S2/c1-16-10-11-22(17(2)12-16)32-25(34)23(37-26(32)36)14-18-6-5-7-19(13-18)35-15-24(33)31-21-9-4-3-8-20(21)27(28,29)30/h3-14H,15H2,1-2H3,(H,31,33)/b23-14-. The number of thioether (sulfide) groups is 1. The SMILES string of the molecule is Cc1ccc(N2C(=O)/C(=C/c3cccc(OCC(=O)Nc4ccccc4C(F)(F)F)c3)SC2=S)c(C)c1. The summed E-state index contributed by atoms with van der Waals surface area (Å²) in [7, 11) is 0. The molecule has 37 heavy (non-hydrogen) atoms. The van der Waals surface area contributed by atoms with Gasteiger partial charge in [0.1, 0.15) is 5.75 Å². The zero-order chi connectivity index (χ0) is 26.7. The summed E-state index contributed by atoms with van der Waals surface area (Å²) in [5.74, 6) is -0.662. The monoisotopic (exact) mass is 542 g/mol. The summed E-state index contributed by atoms with van der Waals surface area (Å²) < 4.78 is 45.3. The number of carbonyl (C=O) groups is 2. The number of hydrogen-bond acceptors (Lipinski definition) is 5. The van der Waals surface area contributed by atoms with Crippen LogP contribution in [0.1, 0.15) is 22.3 Å². The van der Waals surface area contributed by atoms with Gasteiger partial charge < -0.3 is 10.1 Å². The number of halogens is 3. The van der Waals surface area contributed by atoms with Gasteiger partial charge in [0.15, 0.2) is 10.9 Å². The molecule has 1 heterocycles. The lowest BCUT2D eigenvalue weighted by atomic mass is 10.1. The van der Waals surface area contributed by atoms with Crippen LogP contribution in [0.25, 0.3) is 6.08 Å². The molecule has 2 amide bonds. The third kappa shape index (κ3) is 6.20. The Morgan fingerprint density at radius 3 is 2.57 bits per heavy atom. The molecule has 0 radical (unpaired) electrons. The van der Waals surface area contributed by atoms with Crippen molar-refractivity contribution in [2.24, 2.45) is 0 Å².